The molecule has 0 aromatic heterocycles. The number of benzene rings is 1. The average Bonchev–Trinajstić information content (AvgIpc) is 2.35. The molecule has 0 heterocycles. The van der Waals surface area contributed by atoms with E-state index in [9.17, 15) is 0 Å². The molecule has 0 atom stereocenters. The molecule has 18 heavy (non-hydrogen) atoms. The topological polar surface area (TPSA) is 38.5 Å². The van der Waals surface area contributed by atoms with Gasteiger partial charge < -0.3 is 15.4 Å². The molecular weight excluding hydrogens is 244 g/mol. The van der Waals surface area contributed by atoms with E-state index >= 15 is 0 Å². The van der Waals surface area contributed by atoms with Crippen LogP contribution in [0.5, 0.6) is 5.75 Å². The van der Waals surface area contributed by atoms with Crippen molar-refractivity contribution in [2.75, 3.05) is 25.6 Å². The molecule has 0 bridgehead atoms. The molecule has 0 spiro atoms. The summed E-state index contributed by atoms with van der Waals surface area (Å²) in [7, 11) is 3.74. The van der Waals surface area contributed by atoms with Gasteiger partial charge in [0.2, 0.25) is 0 Å². The zero-order valence-corrected chi connectivity index (χ0v) is 12.4. The van der Waals surface area contributed by atoms with E-state index in [1.807, 2.05) is 31.3 Å². The van der Waals surface area contributed by atoms with Crippen LogP contribution in [0.1, 0.15) is 20.3 Å². The maximum atomic E-state index is 5.74. The van der Waals surface area contributed by atoms with Gasteiger partial charge in [0, 0.05) is 19.0 Å². The first-order valence-corrected chi connectivity index (χ1v) is 6.43. The molecule has 0 radical (unpaired) electrons. The molecule has 3 nitrogen and oxygen atoms in total. The number of hydrogen-bond donors (Lipinski definition) is 1. The Kier molecular flexibility index (Phi) is 4.96. The number of ether oxygens (including phenoxy) is 1. The van der Waals surface area contributed by atoms with Gasteiger partial charge in [0.05, 0.1) is 17.8 Å². The van der Waals surface area contributed by atoms with Crippen LogP contribution in [0.15, 0.2) is 24.3 Å². The van der Waals surface area contributed by atoms with Gasteiger partial charge in [0.15, 0.2) is 0 Å². The van der Waals surface area contributed by atoms with Crippen LogP contribution in [-0.4, -0.2) is 25.7 Å². The number of anilines is 1. The second-order valence-electron chi connectivity index (χ2n) is 5.09. The second-order valence-corrected chi connectivity index (χ2v) is 5.53. The Labute approximate surface area is 115 Å². The predicted octanol–water partition coefficient (Wildman–Crippen LogP) is 2.83. The first-order chi connectivity index (χ1) is 8.38. The molecule has 0 saturated heterocycles. The summed E-state index contributed by atoms with van der Waals surface area (Å²) < 4.78 is 5.35. The van der Waals surface area contributed by atoms with Crippen LogP contribution < -0.4 is 15.4 Å². The van der Waals surface area contributed by atoms with E-state index in [0.717, 1.165) is 24.4 Å². The average molecular weight is 266 g/mol. The molecule has 1 aromatic rings. The van der Waals surface area contributed by atoms with Gasteiger partial charge in [0.1, 0.15) is 5.75 Å². The minimum atomic E-state index is -0.119. The van der Waals surface area contributed by atoms with Crippen LogP contribution in [0.2, 0.25) is 0 Å². The van der Waals surface area contributed by atoms with E-state index < -0.39 is 0 Å². The van der Waals surface area contributed by atoms with Crippen LogP contribution >= 0.6 is 12.2 Å². The maximum absolute atomic E-state index is 5.74. The van der Waals surface area contributed by atoms with Crippen molar-refractivity contribution in [1.29, 1.82) is 0 Å². The fraction of sp³-hybridized carbons (Fsp3) is 0.500. The van der Waals surface area contributed by atoms with Gasteiger partial charge in [-0.05, 0) is 18.6 Å². The third kappa shape index (κ3) is 3.60. The van der Waals surface area contributed by atoms with E-state index in [0.29, 0.717) is 4.99 Å². The van der Waals surface area contributed by atoms with Gasteiger partial charge in [-0.15, -0.1) is 0 Å². The Morgan fingerprint density at radius 1 is 1.39 bits per heavy atom. The number of methoxy groups -OCH3 is 1. The molecule has 0 aliphatic rings. The highest BCUT2D eigenvalue weighted by Gasteiger charge is 2.22. The highest BCUT2D eigenvalue weighted by Crippen LogP contribution is 2.28. The number of para-hydroxylation sites is 2. The Balaban J connectivity index is 2.71. The smallest absolute Gasteiger partial charge is 0.142 e. The number of nitrogens with two attached hydrogens (primary N) is 1. The standard InChI is InChI=1S/C14H22N2OS/c1-14(2,13(15)18)9-10-16(3)11-7-5-6-8-12(11)17-4/h5-8H,9-10H2,1-4H3,(H2,15,18). The normalized spacial score (nSPS) is 11.1. The summed E-state index contributed by atoms with van der Waals surface area (Å²) in [5, 5.41) is 0. The van der Waals surface area contributed by atoms with Crippen LogP contribution in [0.25, 0.3) is 0 Å². The summed E-state index contributed by atoms with van der Waals surface area (Å²) in [5.41, 5.74) is 6.70. The van der Waals surface area contributed by atoms with E-state index in [-0.39, 0.29) is 5.41 Å². The van der Waals surface area contributed by atoms with Crippen LogP contribution in [-0.2, 0) is 0 Å². The van der Waals surface area contributed by atoms with Crippen LogP contribution in [0, 0.1) is 5.41 Å². The lowest BCUT2D eigenvalue weighted by Crippen LogP contribution is -2.33. The van der Waals surface area contributed by atoms with Gasteiger partial charge in [-0.2, -0.15) is 0 Å². The van der Waals surface area contributed by atoms with E-state index in [4.69, 9.17) is 22.7 Å². The van der Waals surface area contributed by atoms with Gasteiger partial charge in [-0.1, -0.05) is 38.2 Å². The Hall–Kier alpha value is -1.29. The number of rotatable bonds is 6. The molecule has 0 unspecified atom stereocenters. The Bertz CT molecular complexity index is 418. The summed E-state index contributed by atoms with van der Waals surface area (Å²) >= 11 is 5.08. The van der Waals surface area contributed by atoms with Gasteiger partial charge in [-0.25, -0.2) is 0 Å². The van der Waals surface area contributed by atoms with Crippen molar-refractivity contribution in [3.63, 3.8) is 0 Å². The van der Waals surface area contributed by atoms with Gasteiger partial charge in [-0.3, -0.25) is 0 Å². The Morgan fingerprint density at radius 3 is 2.56 bits per heavy atom. The first kappa shape index (κ1) is 14.8. The highest BCUT2D eigenvalue weighted by molar-refractivity contribution is 7.80. The van der Waals surface area contributed by atoms with E-state index in [2.05, 4.69) is 18.7 Å². The summed E-state index contributed by atoms with van der Waals surface area (Å²) in [6.07, 6.45) is 0.914. The van der Waals surface area contributed by atoms with Crippen molar-refractivity contribution in [2.24, 2.45) is 11.1 Å². The van der Waals surface area contributed by atoms with Gasteiger partial charge >= 0.3 is 0 Å². The van der Waals surface area contributed by atoms with Crippen molar-refractivity contribution in [3.05, 3.63) is 24.3 Å². The quantitative estimate of drug-likeness (QED) is 0.804. The predicted molar refractivity (Wildman–Crippen MR) is 81.4 cm³/mol. The molecule has 0 aliphatic heterocycles. The third-order valence-corrected chi connectivity index (χ3v) is 3.79. The molecule has 100 valence electrons. The lowest BCUT2D eigenvalue weighted by atomic mass is 9.89. The lowest BCUT2D eigenvalue weighted by Gasteiger charge is -2.28. The molecular formula is C14H22N2OS. The summed E-state index contributed by atoms with van der Waals surface area (Å²) in [5.74, 6) is 0.883. The minimum absolute atomic E-state index is 0.119. The zero-order chi connectivity index (χ0) is 13.8. The molecule has 1 aromatic carbocycles. The van der Waals surface area contributed by atoms with Crippen molar-refractivity contribution >= 4 is 22.9 Å². The van der Waals surface area contributed by atoms with Crippen molar-refractivity contribution < 1.29 is 4.74 Å². The molecule has 0 saturated carbocycles. The maximum Gasteiger partial charge on any atom is 0.142 e. The number of thiocarbonyl (C=S) groups is 1. The third-order valence-electron chi connectivity index (χ3n) is 3.24. The molecule has 2 N–H and O–H groups in total. The first-order valence-electron chi connectivity index (χ1n) is 6.02. The monoisotopic (exact) mass is 266 g/mol. The van der Waals surface area contributed by atoms with Crippen LogP contribution in [0.4, 0.5) is 5.69 Å². The fourth-order valence-corrected chi connectivity index (χ4v) is 1.74. The zero-order valence-electron chi connectivity index (χ0n) is 11.6. The summed E-state index contributed by atoms with van der Waals surface area (Å²) in [6, 6.07) is 7.99. The number of hydrogen-bond acceptors (Lipinski definition) is 3. The minimum Gasteiger partial charge on any atom is -0.495 e. The van der Waals surface area contributed by atoms with Crippen molar-refractivity contribution in [2.45, 2.75) is 20.3 Å². The second kappa shape index (κ2) is 6.05. The SMILES string of the molecule is COc1ccccc1N(C)CCC(C)(C)C(N)=S. The fourth-order valence-electron chi connectivity index (χ4n) is 1.64. The van der Waals surface area contributed by atoms with Crippen LogP contribution in [0.3, 0.4) is 0 Å². The highest BCUT2D eigenvalue weighted by atomic mass is 32.1. The molecule has 4 heteroatoms. The number of nitrogens with zero attached hydrogens (tertiary/aromatic N) is 1. The molecule has 0 fully saturated rings. The largest absolute Gasteiger partial charge is 0.495 e. The van der Waals surface area contributed by atoms with E-state index in [1.165, 1.54) is 0 Å². The van der Waals surface area contributed by atoms with E-state index in [1.54, 1.807) is 7.11 Å². The molecule has 0 aliphatic carbocycles. The summed E-state index contributed by atoms with van der Waals surface area (Å²) in [6.45, 7) is 5.03. The lowest BCUT2D eigenvalue weighted by molar-refractivity contribution is 0.413. The molecule has 0 amide bonds. The summed E-state index contributed by atoms with van der Waals surface area (Å²) in [4.78, 5) is 2.73. The van der Waals surface area contributed by atoms with Crippen molar-refractivity contribution in [3.8, 4) is 5.75 Å². The van der Waals surface area contributed by atoms with Crippen molar-refractivity contribution in [1.82, 2.24) is 0 Å². The molecule has 1 rings (SSSR count). The van der Waals surface area contributed by atoms with Gasteiger partial charge in [0.25, 0.3) is 0 Å². The Morgan fingerprint density at radius 2 is 2.00 bits per heavy atom.